The van der Waals surface area contributed by atoms with Crippen molar-refractivity contribution in [3.63, 3.8) is 0 Å². The highest BCUT2D eigenvalue weighted by atomic mass is 79.9. The van der Waals surface area contributed by atoms with Gasteiger partial charge in [0.2, 0.25) is 5.91 Å². The Morgan fingerprint density at radius 1 is 1.21 bits per heavy atom. The highest BCUT2D eigenvalue weighted by Gasteiger charge is 2.49. The van der Waals surface area contributed by atoms with Crippen molar-refractivity contribution >= 4 is 36.1 Å². The zero-order valence-corrected chi connectivity index (χ0v) is 24.4. The summed E-state index contributed by atoms with van der Waals surface area (Å²) in [5, 5.41) is 15.3. The van der Waals surface area contributed by atoms with Crippen LogP contribution in [-0.4, -0.2) is 50.0 Å². The van der Waals surface area contributed by atoms with Crippen molar-refractivity contribution in [2.24, 2.45) is 5.92 Å². The number of aliphatic hydroxyl groups is 1. The second kappa shape index (κ2) is 13.0. The van der Waals surface area contributed by atoms with Crippen LogP contribution in [0.4, 0.5) is 0 Å². The van der Waals surface area contributed by atoms with E-state index in [1.54, 1.807) is 6.08 Å². The fourth-order valence-electron chi connectivity index (χ4n) is 3.44. The van der Waals surface area contributed by atoms with Crippen molar-refractivity contribution in [1.29, 1.82) is 0 Å². The molecule has 1 aromatic rings. The molecule has 0 saturated carbocycles. The first kappa shape index (κ1) is 30.5. The lowest BCUT2D eigenvalue weighted by Gasteiger charge is -2.45. The van der Waals surface area contributed by atoms with Crippen LogP contribution in [0.25, 0.3) is 0 Å². The van der Waals surface area contributed by atoms with Crippen LogP contribution in [0.15, 0.2) is 41.4 Å². The molecule has 8 heteroatoms. The molecular weight excluding hydrogens is 512 g/mol. The number of nitrogens with one attached hydrogen (secondary N) is 2. The van der Waals surface area contributed by atoms with E-state index in [0.29, 0.717) is 25.8 Å². The molecule has 6 nitrogen and oxygen atoms in total. The number of benzene rings is 1. The minimum absolute atomic E-state index is 0.0519. The maximum atomic E-state index is 14.0. The molecule has 0 bridgehead atoms. The molecule has 0 aliphatic rings. The van der Waals surface area contributed by atoms with Gasteiger partial charge in [-0.3, -0.25) is 9.59 Å². The largest absolute Gasteiger partial charge is 0.402 e. The van der Waals surface area contributed by atoms with Gasteiger partial charge in [0.1, 0.15) is 11.6 Å². The predicted octanol–water partition coefficient (Wildman–Crippen LogP) is 4.97. The topological polar surface area (TPSA) is 87.7 Å². The highest BCUT2D eigenvalue weighted by Crippen LogP contribution is 2.41. The fourth-order valence-corrected chi connectivity index (χ4v) is 5.26. The highest BCUT2D eigenvalue weighted by molar-refractivity contribution is 9.10. The Morgan fingerprint density at radius 2 is 1.79 bits per heavy atom. The van der Waals surface area contributed by atoms with E-state index in [9.17, 15) is 14.7 Å². The Balaban J connectivity index is 3.50. The van der Waals surface area contributed by atoms with E-state index in [-0.39, 0.29) is 29.4 Å². The summed E-state index contributed by atoms with van der Waals surface area (Å²) < 4.78 is 7.84. The van der Waals surface area contributed by atoms with E-state index in [1.165, 1.54) is 0 Å². The van der Waals surface area contributed by atoms with Crippen LogP contribution >= 0.6 is 15.9 Å². The standard InChI is InChI=1S/C26H43BrN2O4Si/c1-9-16-28-23(31)22(19(2)3)29-24(32)26(15-10-17-30,33-34(7,8)25(4,5)6)18-20-11-13-21(27)14-12-20/h9,11-14,19,22,30H,1,10,15-18H2,2-8H3,(H,28,31)(H,29,32)/t22-,26-/m0/s1. The molecule has 0 radical (unpaired) electrons. The predicted molar refractivity (Wildman–Crippen MR) is 145 cm³/mol. The molecular formula is C26H43BrN2O4Si. The number of amides is 2. The molecule has 0 aliphatic carbocycles. The van der Waals surface area contributed by atoms with Gasteiger partial charge < -0.3 is 20.2 Å². The van der Waals surface area contributed by atoms with Gasteiger partial charge in [0, 0.05) is 24.0 Å². The quantitative estimate of drug-likeness (QED) is 0.237. The first-order valence-corrected chi connectivity index (χ1v) is 15.6. The Kier molecular flexibility index (Phi) is 11.7. The summed E-state index contributed by atoms with van der Waals surface area (Å²) >= 11 is 3.47. The van der Waals surface area contributed by atoms with Crippen LogP contribution in [0.5, 0.6) is 0 Å². The molecule has 1 rings (SSSR count). The van der Waals surface area contributed by atoms with Gasteiger partial charge in [-0.15, -0.1) is 6.58 Å². The summed E-state index contributed by atoms with van der Waals surface area (Å²) in [5.74, 6) is -0.693. The van der Waals surface area contributed by atoms with Gasteiger partial charge in [-0.05, 0) is 54.6 Å². The zero-order chi connectivity index (χ0) is 26.2. The van der Waals surface area contributed by atoms with Crippen molar-refractivity contribution in [3.05, 3.63) is 47.0 Å². The third kappa shape index (κ3) is 8.63. The third-order valence-electron chi connectivity index (χ3n) is 6.47. The van der Waals surface area contributed by atoms with E-state index in [2.05, 4.69) is 67.0 Å². The van der Waals surface area contributed by atoms with Gasteiger partial charge in [0.05, 0.1) is 0 Å². The number of halogens is 1. The lowest BCUT2D eigenvalue weighted by molar-refractivity contribution is -0.142. The minimum atomic E-state index is -2.41. The van der Waals surface area contributed by atoms with Crippen LogP contribution in [0, 0.1) is 5.92 Å². The van der Waals surface area contributed by atoms with Crippen LogP contribution in [0.3, 0.4) is 0 Å². The fraction of sp³-hybridized carbons (Fsp3) is 0.615. The number of rotatable bonds is 13. The van der Waals surface area contributed by atoms with E-state index in [0.717, 1.165) is 10.0 Å². The Bertz CT molecular complexity index is 821. The zero-order valence-electron chi connectivity index (χ0n) is 21.8. The average molecular weight is 556 g/mol. The molecule has 2 amide bonds. The van der Waals surface area contributed by atoms with Gasteiger partial charge in [-0.25, -0.2) is 0 Å². The first-order chi connectivity index (χ1) is 15.7. The van der Waals surface area contributed by atoms with Gasteiger partial charge in [-0.1, -0.05) is 68.8 Å². The molecule has 2 atom stereocenters. The van der Waals surface area contributed by atoms with E-state index in [4.69, 9.17) is 4.43 Å². The maximum Gasteiger partial charge on any atom is 0.252 e. The lowest BCUT2D eigenvalue weighted by Crippen LogP contribution is -2.61. The smallest absolute Gasteiger partial charge is 0.252 e. The van der Waals surface area contributed by atoms with Gasteiger partial charge in [0.25, 0.3) is 5.91 Å². The van der Waals surface area contributed by atoms with Gasteiger partial charge in [-0.2, -0.15) is 0 Å². The second-order valence-corrected chi connectivity index (χ2v) is 16.4. The lowest BCUT2D eigenvalue weighted by atomic mass is 9.88. The van der Waals surface area contributed by atoms with Gasteiger partial charge >= 0.3 is 0 Å². The van der Waals surface area contributed by atoms with Crippen LogP contribution in [0.2, 0.25) is 18.1 Å². The molecule has 3 N–H and O–H groups in total. The molecule has 34 heavy (non-hydrogen) atoms. The number of hydrogen-bond donors (Lipinski definition) is 3. The van der Waals surface area contributed by atoms with E-state index >= 15 is 0 Å². The van der Waals surface area contributed by atoms with Crippen molar-refractivity contribution < 1.29 is 19.1 Å². The average Bonchev–Trinajstić information content (AvgIpc) is 2.74. The second-order valence-electron chi connectivity index (χ2n) is 10.7. The Labute approximate surface area is 215 Å². The van der Waals surface area contributed by atoms with Crippen LogP contribution in [-0.2, 0) is 20.4 Å². The van der Waals surface area contributed by atoms with Crippen molar-refractivity contribution in [3.8, 4) is 0 Å². The summed E-state index contributed by atoms with van der Waals surface area (Å²) in [5.41, 5.74) is -0.266. The molecule has 0 aromatic heterocycles. The molecule has 0 fully saturated rings. The third-order valence-corrected chi connectivity index (χ3v) is 11.5. The van der Waals surface area contributed by atoms with Crippen LogP contribution < -0.4 is 10.6 Å². The summed E-state index contributed by atoms with van der Waals surface area (Å²) in [7, 11) is -2.41. The Hall–Kier alpha value is -1.48. The molecule has 0 unspecified atom stereocenters. The van der Waals surface area contributed by atoms with Crippen molar-refractivity contribution in [1.82, 2.24) is 10.6 Å². The number of aliphatic hydroxyl groups excluding tert-OH is 1. The molecule has 0 aliphatic heterocycles. The number of carbonyl (C=O) groups is 2. The summed E-state index contributed by atoms with van der Waals surface area (Å²) in [6.07, 6.45) is 2.71. The number of carbonyl (C=O) groups excluding carboxylic acids is 2. The molecule has 0 saturated heterocycles. The number of hydrogen-bond acceptors (Lipinski definition) is 4. The monoisotopic (exact) mass is 554 g/mol. The minimum Gasteiger partial charge on any atom is -0.402 e. The maximum absolute atomic E-state index is 14.0. The summed E-state index contributed by atoms with van der Waals surface area (Å²) in [6.45, 7) is 18.3. The van der Waals surface area contributed by atoms with Gasteiger partial charge in [0.15, 0.2) is 8.32 Å². The molecule has 0 heterocycles. The van der Waals surface area contributed by atoms with Crippen molar-refractivity contribution in [2.45, 2.75) is 83.7 Å². The molecule has 192 valence electrons. The van der Waals surface area contributed by atoms with Crippen LogP contribution in [0.1, 0.15) is 53.0 Å². The first-order valence-electron chi connectivity index (χ1n) is 11.9. The SMILES string of the molecule is C=CCNC(=O)[C@@H](NC(=O)[C@](CCCO)(Cc1ccc(Br)cc1)O[Si](C)(C)C(C)(C)C)C(C)C. The summed E-state index contributed by atoms with van der Waals surface area (Å²) in [6, 6.07) is 7.11. The van der Waals surface area contributed by atoms with Crippen molar-refractivity contribution in [2.75, 3.05) is 13.2 Å². The van der Waals surface area contributed by atoms with E-state index in [1.807, 2.05) is 38.1 Å². The molecule has 1 aromatic carbocycles. The normalized spacial score (nSPS) is 14.9. The summed E-state index contributed by atoms with van der Waals surface area (Å²) in [4.78, 5) is 26.8. The molecule has 0 spiro atoms. The Morgan fingerprint density at radius 3 is 2.26 bits per heavy atom. The van der Waals surface area contributed by atoms with E-state index < -0.39 is 20.0 Å².